The third-order valence-corrected chi connectivity index (χ3v) is 4.81. The maximum Gasteiger partial charge on any atom is 0.287 e. The molecular formula is C22H29N2O3+. The van der Waals surface area contributed by atoms with E-state index in [1.807, 2.05) is 61.5 Å². The van der Waals surface area contributed by atoms with Crippen LogP contribution in [-0.2, 0) is 9.53 Å². The number of ether oxygens (including phenoxy) is 2. The van der Waals surface area contributed by atoms with Gasteiger partial charge in [-0.2, -0.15) is 0 Å². The summed E-state index contributed by atoms with van der Waals surface area (Å²) in [5.74, 6) is 0.670. The first-order valence-electron chi connectivity index (χ1n) is 9.66. The van der Waals surface area contributed by atoms with Crippen LogP contribution in [0.25, 0.3) is 0 Å². The molecule has 0 saturated carbocycles. The van der Waals surface area contributed by atoms with Gasteiger partial charge < -0.3 is 19.7 Å². The van der Waals surface area contributed by atoms with Gasteiger partial charge in [0.15, 0.2) is 6.04 Å². The number of anilines is 1. The van der Waals surface area contributed by atoms with Crippen LogP contribution in [0, 0.1) is 0 Å². The van der Waals surface area contributed by atoms with Crippen molar-refractivity contribution in [2.24, 2.45) is 0 Å². The lowest BCUT2D eigenvalue weighted by Crippen LogP contribution is -3.16. The number of carbonyl (C=O) groups is 1. The number of para-hydroxylation sites is 2. The number of hydrogen-bond donors (Lipinski definition) is 2. The highest BCUT2D eigenvalue weighted by Crippen LogP contribution is 2.25. The minimum absolute atomic E-state index is 0.0235. The summed E-state index contributed by atoms with van der Waals surface area (Å²) < 4.78 is 11.5. The SMILES string of the molecule is CCOc1ccccc1NC(=O)[C@@H](c1ccccc1)[NH+]1C[C@@H](C)O[C@@H](C)C1. The number of benzene rings is 2. The topological polar surface area (TPSA) is 52.0 Å². The maximum absolute atomic E-state index is 13.4. The van der Waals surface area contributed by atoms with Gasteiger partial charge >= 0.3 is 0 Å². The van der Waals surface area contributed by atoms with Crippen LogP contribution in [0.1, 0.15) is 32.4 Å². The number of rotatable bonds is 6. The summed E-state index contributed by atoms with van der Waals surface area (Å²) in [6.07, 6.45) is 0.247. The second-order valence-corrected chi connectivity index (χ2v) is 7.09. The summed E-state index contributed by atoms with van der Waals surface area (Å²) in [6, 6.07) is 17.3. The summed E-state index contributed by atoms with van der Waals surface area (Å²) in [5.41, 5.74) is 1.72. The lowest BCUT2D eigenvalue weighted by molar-refractivity contribution is -0.935. The van der Waals surface area contributed by atoms with Crippen LogP contribution < -0.4 is 15.0 Å². The quantitative estimate of drug-likeness (QED) is 0.822. The van der Waals surface area contributed by atoms with Gasteiger partial charge in [-0.25, -0.2) is 0 Å². The van der Waals surface area contributed by atoms with Crippen LogP contribution in [-0.4, -0.2) is 37.8 Å². The summed E-state index contributed by atoms with van der Waals surface area (Å²) in [6.45, 7) is 8.22. The van der Waals surface area contributed by atoms with Gasteiger partial charge in [0.2, 0.25) is 0 Å². The zero-order valence-corrected chi connectivity index (χ0v) is 16.3. The zero-order valence-electron chi connectivity index (χ0n) is 16.3. The van der Waals surface area contributed by atoms with Gasteiger partial charge in [0, 0.05) is 5.56 Å². The molecule has 5 heteroatoms. The molecule has 1 saturated heterocycles. The van der Waals surface area contributed by atoms with Crippen LogP contribution in [0.4, 0.5) is 5.69 Å². The molecular weight excluding hydrogens is 340 g/mol. The average molecular weight is 369 g/mol. The highest BCUT2D eigenvalue weighted by molar-refractivity contribution is 5.95. The van der Waals surface area contributed by atoms with E-state index in [2.05, 4.69) is 19.2 Å². The average Bonchev–Trinajstić information content (AvgIpc) is 2.64. The molecule has 5 nitrogen and oxygen atoms in total. The van der Waals surface area contributed by atoms with Gasteiger partial charge in [0.25, 0.3) is 5.91 Å². The molecule has 0 radical (unpaired) electrons. The minimum atomic E-state index is -0.297. The largest absolute Gasteiger partial charge is 0.492 e. The van der Waals surface area contributed by atoms with Gasteiger partial charge in [-0.3, -0.25) is 4.79 Å². The van der Waals surface area contributed by atoms with Crippen molar-refractivity contribution in [1.29, 1.82) is 0 Å². The van der Waals surface area contributed by atoms with Crippen LogP contribution in [0.5, 0.6) is 5.75 Å². The molecule has 0 bridgehead atoms. The molecule has 2 aromatic rings. The molecule has 1 aliphatic rings. The third-order valence-electron chi connectivity index (χ3n) is 4.81. The molecule has 27 heavy (non-hydrogen) atoms. The number of hydrogen-bond acceptors (Lipinski definition) is 3. The fourth-order valence-corrected chi connectivity index (χ4v) is 3.82. The fraction of sp³-hybridized carbons (Fsp3) is 0.409. The number of carbonyl (C=O) groups excluding carboxylic acids is 1. The number of nitrogens with one attached hydrogen (secondary N) is 2. The van der Waals surface area contributed by atoms with E-state index in [1.165, 1.54) is 4.90 Å². The maximum atomic E-state index is 13.4. The minimum Gasteiger partial charge on any atom is -0.492 e. The van der Waals surface area contributed by atoms with E-state index in [0.29, 0.717) is 18.0 Å². The molecule has 2 aromatic carbocycles. The highest BCUT2D eigenvalue weighted by atomic mass is 16.5. The van der Waals surface area contributed by atoms with Crippen molar-refractivity contribution in [2.45, 2.75) is 39.0 Å². The van der Waals surface area contributed by atoms with Gasteiger partial charge in [0.05, 0.1) is 12.3 Å². The first-order chi connectivity index (χ1) is 13.1. The molecule has 1 fully saturated rings. The molecule has 1 aliphatic heterocycles. The van der Waals surface area contributed by atoms with Crippen molar-refractivity contribution in [3.63, 3.8) is 0 Å². The summed E-state index contributed by atoms with van der Waals surface area (Å²) in [7, 11) is 0. The molecule has 0 aromatic heterocycles. The van der Waals surface area contributed by atoms with E-state index in [-0.39, 0.29) is 24.2 Å². The van der Waals surface area contributed by atoms with E-state index in [9.17, 15) is 4.79 Å². The Hall–Kier alpha value is -2.37. The predicted molar refractivity (Wildman–Crippen MR) is 106 cm³/mol. The molecule has 0 spiro atoms. The Morgan fingerprint density at radius 3 is 2.41 bits per heavy atom. The van der Waals surface area contributed by atoms with Gasteiger partial charge in [-0.05, 0) is 32.9 Å². The number of quaternary nitrogens is 1. The van der Waals surface area contributed by atoms with Crippen molar-refractivity contribution in [2.75, 3.05) is 25.0 Å². The summed E-state index contributed by atoms with van der Waals surface area (Å²) in [4.78, 5) is 14.6. The Balaban J connectivity index is 1.88. The van der Waals surface area contributed by atoms with Crippen LogP contribution >= 0.6 is 0 Å². The van der Waals surface area contributed by atoms with Gasteiger partial charge in [-0.1, -0.05) is 42.5 Å². The Labute approximate surface area is 161 Å². The highest BCUT2D eigenvalue weighted by Gasteiger charge is 2.37. The van der Waals surface area contributed by atoms with E-state index < -0.39 is 0 Å². The van der Waals surface area contributed by atoms with E-state index >= 15 is 0 Å². The molecule has 2 N–H and O–H groups in total. The van der Waals surface area contributed by atoms with Crippen molar-refractivity contribution in [3.8, 4) is 5.75 Å². The molecule has 1 amide bonds. The molecule has 1 unspecified atom stereocenters. The second-order valence-electron chi connectivity index (χ2n) is 7.09. The molecule has 1 heterocycles. The summed E-state index contributed by atoms with van der Waals surface area (Å²) in [5, 5.41) is 3.10. The normalized spacial score (nSPS) is 23.4. The number of amides is 1. The monoisotopic (exact) mass is 369 g/mol. The van der Waals surface area contributed by atoms with Gasteiger partial charge in [-0.15, -0.1) is 0 Å². The first kappa shape index (κ1) is 19.4. The summed E-state index contributed by atoms with van der Waals surface area (Å²) >= 11 is 0. The molecule has 4 atom stereocenters. The second kappa shape index (κ2) is 9.02. The Morgan fingerprint density at radius 2 is 1.74 bits per heavy atom. The van der Waals surface area contributed by atoms with Crippen molar-refractivity contribution < 1.29 is 19.2 Å². The third kappa shape index (κ3) is 4.87. The van der Waals surface area contributed by atoms with Crippen molar-refractivity contribution in [3.05, 3.63) is 60.2 Å². The smallest absolute Gasteiger partial charge is 0.287 e. The lowest BCUT2D eigenvalue weighted by Gasteiger charge is -2.36. The molecule has 3 rings (SSSR count). The van der Waals surface area contributed by atoms with E-state index in [1.54, 1.807) is 0 Å². The van der Waals surface area contributed by atoms with E-state index in [4.69, 9.17) is 9.47 Å². The Bertz CT molecular complexity index is 740. The van der Waals surface area contributed by atoms with Crippen molar-refractivity contribution >= 4 is 11.6 Å². The van der Waals surface area contributed by atoms with Crippen LogP contribution in [0.15, 0.2) is 54.6 Å². The molecule has 0 aliphatic carbocycles. The Kier molecular flexibility index (Phi) is 6.48. The molecule has 144 valence electrons. The standard InChI is InChI=1S/C22H28N2O3/c1-4-26-20-13-9-8-12-19(20)23-22(25)21(18-10-6-5-7-11-18)24-14-16(2)27-17(3)15-24/h5-13,16-17,21H,4,14-15H2,1-3H3,(H,23,25)/p+1/t16-,17+,21-/m1/s1. The van der Waals surface area contributed by atoms with Gasteiger partial charge in [0.1, 0.15) is 31.0 Å². The number of morpholine rings is 1. The van der Waals surface area contributed by atoms with E-state index in [0.717, 1.165) is 18.7 Å². The zero-order chi connectivity index (χ0) is 19.2. The van der Waals surface area contributed by atoms with Crippen LogP contribution in [0.2, 0.25) is 0 Å². The Morgan fingerprint density at radius 1 is 1.11 bits per heavy atom. The van der Waals surface area contributed by atoms with Crippen LogP contribution in [0.3, 0.4) is 0 Å². The predicted octanol–water partition coefficient (Wildman–Crippen LogP) is 2.46. The fourth-order valence-electron chi connectivity index (χ4n) is 3.82. The van der Waals surface area contributed by atoms with Crippen molar-refractivity contribution in [1.82, 2.24) is 0 Å². The first-order valence-corrected chi connectivity index (χ1v) is 9.66. The lowest BCUT2D eigenvalue weighted by atomic mass is 10.0.